The number of carbonyl (C=O) groups excluding carboxylic acids is 1. The highest BCUT2D eigenvalue weighted by Gasteiger charge is 2.20. The number of rotatable bonds is 5. The van der Waals surface area contributed by atoms with Crippen LogP contribution >= 0.6 is 11.8 Å². The molecule has 1 saturated carbocycles. The summed E-state index contributed by atoms with van der Waals surface area (Å²) >= 11 is 1.86. The van der Waals surface area contributed by atoms with Crippen molar-refractivity contribution in [2.24, 2.45) is 5.92 Å². The topological polar surface area (TPSA) is 17.1 Å². The van der Waals surface area contributed by atoms with E-state index in [1.165, 1.54) is 29.9 Å². The fraction of sp³-hybridized carbons (Fsp3) is 0.417. The molecule has 0 spiro atoms. The minimum absolute atomic E-state index is 0.779. The van der Waals surface area contributed by atoms with Crippen LogP contribution < -0.4 is 0 Å². The molecule has 74 valence electrons. The smallest absolute Gasteiger partial charge is 0.150 e. The van der Waals surface area contributed by atoms with E-state index in [0.717, 1.165) is 17.8 Å². The molecular formula is C12H14OS. The molecule has 0 saturated heterocycles. The van der Waals surface area contributed by atoms with Crippen LogP contribution in [-0.4, -0.2) is 12.0 Å². The highest BCUT2D eigenvalue weighted by molar-refractivity contribution is 7.99. The van der Waals surface area contributed by atoms with Gasteiger partial charge in [0.25, 0.3) is 0 Å². The van der Waals surface area contributed by atoms with E-state index in [0.29, 0.717) is 0 Å². The van der Waals surface area contributed by atoms with Gasteiger partial charge in [0.1, 0.15) is 6.29 Å². The minimum Gasteiger partial charge on any atom is -0.298 e. The van der Waals surface area contributed by atoms with Gasteiger partial charge in [0, 0.05) is 10.5 Å². The van der Waals surface area contributed by atoms with Gasteiger partial charge in [-0.15, -0.1) is 11.8 Å². The lowest BCUT2D eigenvalue weighted by atomic mass is 10.2. The van der Waals surface area contributed by atoms with Crippen LogP contribution in [-0.2, 0) is 0 Å². The van der Waals surface area contributed by atoms with Crippen LogP contribution in [0.2, 0.25) is 0 Å². The molecule has 0 N–H and O–H groups in total. The molecule has 1 aromatic carbocycles. The second kappa shape index (κ2) is 4.65. The average molecular weight is 206 g/mol. The predicted octanol–water partition coefficient (Wildman–Crippen LogP) is 3.39. The van der Waals surface area contributed by atoms with Gasteiger partial charge in [0.2, 0.25) is 0 Å². The van der Waals surface area contributed by atoms with Gasteiger partial charge in [-0.3, -0.25) is 4.79 Å². The lowest BCUT2D eigenvalue weighted by Gasteiger charge is -2.00. The van der Waals surface area contributed by atoms with Crippen molar-refractivity contribution in [2.45, 2.75) is 24.2 Å². The van der Waals surface area contributed by atoms with Gasteiger partial charge >= 0.3 is 0 Å². The summed E-state index contributed by atoms with van der Waals surface area (Å²) in [6.45, 7) is 0. The van der Waals surface area contributed by atoms with E-state index in [1.807, 2.05) is 30.0 Å². The Morgan fingerprint density at radius 1 is 1.43 bits per heavy atom. The zero-order valence-corrected chi connectivity index (χ0v) is 8.93. The van der Waals surface area contributed by atoms with Crippen LogP contribution in [0.1, 0.15) is 29.6 Å². The van der Waals surface area contributed by atoms with Crippen LogP contribution in [0.4, 0.5) is 0 Å². The number of carbonyl (C=O) groups is 1. The molecule has 0 unspecified atom stereocenters. The van der Waals surface area contributed by atoms with E-state index < -0.39 is 0 Å². The quantitative estimate of drug-likeness (QED) is 0.542. The number of aldehydes is 1. The fourth-order valence-corrected chi connectivity index (χ4v) is 2.51. The van der Waals surface area contributed by atoms with Crippen molar-refractivity contribution >= 4 is 18.0 Å². The second-order valence-corrected chi connectivity index (χ2v) is 4.94. The molecular weight excluding hydrogens is 192 g/mol. The number of thioether (sulfide) groups is 1. The number of hydrogen-bond donors (Lipinski definition) is 0. The van der Waals surface area contributed by atoms with Crippen molar-refractivity contribution in [3.8, 4) is 0 Å². The first-order valence-electron chi connectivity index (χ1n) is 5.06. The van der Waals surface area contributed by atoms with Gasteiger partial charge in [-0.25, -0.2) is 0 Å². The van der Waals surface area contributed by atoms with Crippen LogP contribution in [0.15, 0.2) is 29.2 Å². The largest absolute Gasteiger partial charge is 0.298 e. The zero-order valence-electron chi connectivity index (χ0n) is 8.11. The highest BCUT2D eigenvalue weighted by Crippen LogP contribution is 2.34. The molecule has 1 nitrogen and oxygen atoms in total. The molecule has 0 bridgehead atoms. The summed E-state index contributed by atoms with van der Waals surface area (Å²) in [6.07, 6.45) is 5.09. The maximum absolute atomic E-state index is 10.5. The molecule has 1 fully saturated rings. The molecule has 2 rings (SSSR count). The first-order valence-corrected chi connectivity index (χ1v) is 6.05. The van der Waals surface area contributed by atoms with Crippen LogP contribution in [0.5, 0.6) is 0 Å². The fourth-order valence-electron chi connectivity index (χ4n) is 1.43. The van der Waals surface area contributed by atoms with Crippen molar-refractivity contribution in [1.29, 1.82) is 0 Å². The minimum atomic E-state index is 0.779. The standard InChI is InChI=1S/C12H14OS/c13-9-11-2-1-3-12(8-11)14-7-6-10-4-5-10/h1-3,8-10H,4-7H2. The average Bonchev–Trinajstić information content (AvgIpc) is 3.02. The summed E-state index contributed by atoms with van der Waals surface area (Å²) in [6, 6.07) is 7.83. The number of benzene rings is 1. The van der Waals surface area contributed by atoms with Crippen molar-refractivity contribution < 1.29 is 4.79 Å². The molecule has 0 atom stereocenters. The molecule has 2 heteroatoms. The molecule has 1 aliphatic carbocycles. The van der Waals surface area contributed by atoms with E-state index >= 15 is 0 Å². The normalized spacial score (nSPS) is 15.4. The molecule has 0 aliphatic heterocycles. The van der Waals surface area contributed by atoms with E-state index in [2.05, 4.69) is 6.07 Å². The van der Waals surface area contributed by atoms with Crippen LogP contribution in [0, 0.1) is 5.92 Å². The Bertz CT molecular complexity index is 318. The second-order valence-electron chi connectivity index (χ2n) is 3.77. The Kier molecular flexibility index (Phi) is 3.25. The van der Waals surface area contributed by atoms with E-state index in [-0.39, 0.29) is 0 Å². The Morgan fingerprint density at radius 3 is 3.00 bits per heavy atom. The van der Waals surface area contributed by atoms with E-state index in [9.17, 15) is 4.79 Å². The van der Waals surface area contributed by atoms with Crippen LogP contribution in [0.3, 0.4) is 0 Å². The van der Waals surface area contributed by atoms with Crippen molar-refractivity contribution in [1.82, 2.24) is 0 Å². The monoisotopic (exact) mass is 206 g/mol. The van der Waals surface area contributed by atoms with Gasteiger partial charge in [-0.2, -0.15) is 0 Å². The van der Waals surface area contributed by atoms with Gasteiger partial charge in [0.05, 0.1) is 0 Å². The summed E-state index contributed by atoms with van der Waals surface area (Å²) in [4.78, 5) is 11.8. The SMILES string of the molecule is O=Cc1cccc(SCCC2CC2)c1. The molecule has 0 aromatic heterocycles. The lowest BCUT2D eigenvalue weighted by molar-refractivity contribution is 0.112. The van der Waals surface area contributed by atoms with Crippen molar-refractivity contribution in [3.63, 3.8) is 0 Å². The summed E-state index contributed by atoms with van der Waals surface area (Å²) in [5, 5.41) is 0. The molecule has 0 amide bonds. The van der Waals surface area contributed by atoms with Gasteiger partial charge < -0.3 is 0 Å². The predicted molar refractivity (Wildman–Crippen MR) is 59.9 cm³/mol. The maximum atomic E-state index is 10.5. The third-order valence-electron chi connectivity index (χ3n) is 2.49. The Hall–Kier alpha value is -0.760. The molecule has 0 radical (unpaired) electrons. The van der Waals surface area contributed by atoms with E-state index in [1.54, 1.807) is 0 Å². The summed E-state index contributed by atoms with van der Waals surface area (Å²) in [5.41, 5.74) is 0.779. The Morgan fingerprint density at radius 2 is 2.29 bits per heavy atom. The zero-order chi connectivity index (χ0) is 9.80. The first kappa shape index (κ1) is 9.78. The van der Waals surface area contributed by atoms with Crippen molar-refractivity contribution in [2.75, 3.05) is 5.75 Å². The number of hydrogen-bond acceptors (Lipinski definition) is 2. The highest BCUT2D eigenvalue weighted by atomic mass is 32.2. The van der Waals surface area contributed by atoms with E-state index in [4.69, 9.17) is 0 Å². The van der Waals surface area contributed by atoms with Crippen LogP contribution in [0.25, 0.3) is 0 Å². The Balaban J connectivity index is 1.84. The first-order chi connectivity index (χ1) is 6.88. The van der Waals surface area contributed by atoms with Gasteiger partial charge in [-0.05, 0) is 30.2 Å². The Labute approximate surface area is 88.9 Å². The maximum Gasteiger partial charge on any atom is 0.150 e. The molecule has 0 heterocycles. The molecule has 1 aliphatic rings. The third-order valence-corrected chi connectivity index (χ3v) is 3.51. The molecule has 1 aromatic rings. The lowest BCUT2D eigenvalue weighted by Crippen LogP contribution is -1.83. The van der Waals surface area contributed by atoms with Gasteiger partial charge in [-0.1, -0.05) is 25.0 Å². The third kappa shape index (κ3) is 2.88. The van der Waals surface area contributed by atoms with Crippen molar-refractivity contribution in [3.05, 3.63) is 29.8 Å². The summed E-state index contributed by atoms with van der Waals surface area (Å²) < 4.78 is 0. The summed E-state index contributed by atoms with van der Waals surface area (Å²) in [7, 11) is 0. The molecule has 14 heavy (non-hydrogen) atoms. The van der Waals surface area contributed by atoms with Gasteiger partial charge in [0.15, 0.2) is 0 Å². The summed E-state index contributed by atoms with van der Waals surface area (Å²) in [5.74, 6) is 2.18.